The Bertz CT molecular complexity index is 261. The molecule has 0 aromatic carbocycles. The molecule has 4 nitrogen and oxygen atoms in total. The van der Waals surface area contributed by atoms with Crippen LogP contribution in [0.5, 0.6) is 0 Å². The Balaban J connectivity index is 2.46. The van der Waals surface area contributed by atoms with Crippen molar-refractivity contribution in [2.75, 3.05) is 0 Å². The Labute approximate surface area is 83.7 Å². The van der Waals surface area contributed by atoms with Crippen molar-refractivity contribution in [3.63, 3.8) is 0 Å². The van der Waals surface area contributed by atoms with Gasteiger partial charge in [0, 0.05) is 6.42 Å². The van der Waals surface area contributed by atoms with Crippen LogP contribution < -0.4 is 5.32 Å². The summed E-state index contributed by atoms with van der Waals surface area (Å²) < 4.78 is 0. The number of nitrogens with one attached hydrogen (secondary N) is 1. The highest BCUT2D eigenvalue weighted by Gasteiger charge is 2.51. The molecule has 14 heavy (non-hydrogen) atoms. The maximum atomic E-state index is 11.4. The first-order chi connectivity index (χ1) is 6.25. The van der Waals surface area contributed by atoms with Gasteiger partial charge in [0.1, 0.15) is 5.54 Å². The molecular weight excluding hydrogens is 182 g/mol. The molecule has 0 aliphatic heterocycles. The number of rotatable bonds is 3. The second-order valence-corrected chi connectivity index (χ2v) is 5.17. The van der Waals surface area contributed by atoms with Crippen LogP contribution in [0.4, 0.5) is 0 Å². The summed E-state index contributed by atoms with van der Waals surface area (Å²) in [5.74, 6) is -1.09. The number of carboxylic acids is 1. The Morgan fingerprint density at radius 3 is 2.14 bits per heavy atom. The van der Waals surface area contributed by atoms with Crippen LogP contribution in [0.3, 0.4) is 0 Å². The third kappa shape index (κ3) is 2.72. The normalized spacial score (nSPS) is 18.8. The van der Waals surface area contributed by atoms with E-state index in [0.717, 1.165) is 0 Å². The van der Waals surface area contributed by atoms with Crippen molar-refractivity contribution in [1.29, 1.82) is 0 Å². The van der Waals surface area contributed by atoms with Gasteiger partial charge in [-0.3, -0.25) is 4.79 Å². The Hall–Kier alpha value is -1.06. The van der Waals surface area contributed by atoms with Gasteiger partial charge in [-0.05, 0) is 18.3 Å². The van der Waals surface area contributed by atoms with Crippen molar-refractivity contribution < 1.29 is 14.7 Å². The molecule has 0 aromatic heterocycles. The highest BCUT2D eigenvalue weighted by molar-refractivity contribution is 5.89. The van der Waals surface area contributed by atoms with Gasteiger partial charge in [-0.2, -0.15) is 0 Å². The average molecular weight is 199 g/mol. The fourth-order valence-corrected chi connectivity index (χ4v) is 1.31. The number of aliphatic carboxylic acids is 1. The first-order valence-corrected chi connectivity index (χ1v) is 4.80. The third-order valence-electron chi connectivity index (χ3n) is 2.23. The number of carbonyl (C=O) groups is 2. The van der Waals surface area contributed by atoms with Gasteiger partial charge in [0.15, 0.2) is 0 Å². The SMILES string of the molecule is CC(C)(C)CC(=O)NC1(C(=O)O)CC1. The van der Waals surface area contributed by atoms with E-state index in [1.165, 1.54) is 0 Å². The quantitative estimate of drug-likeness (QED) is 0.716. The number of carbonyl (C=O) groups excluding carboxylic acids is 1. The highest BCUT2D eigenvalue weighted by Crippen LogP contribution is 2.36. The molecule has 0 radical (unpaired) electrons. The summed E-state index contributed by atoms with van der Waals surface area (Å²) in [6.45, 7) is 5.85. The molecule has 4 heteroatoms. The van der Waals surface area contributed by atoms with Gasteiger partial charge < -0.3 is 10.4 Å². The number of hydrogen-bond donors (Lipinski definition) is 2. The molecule has 0 saturated heterocycles. The van der Waals surface area contributed by atoms with Gasteiger partial charge in [-0.25, -0.2) is 4.79 Å². The smallest absolute Gasteiger partial charge is 0.329 e. The van der Waals surface area contributed by atoms with Crippen LogP contribution in [-0.4, -0.2) is 22.5 Å². The minimum Gasteiger partial charge on any atom is -0.480 e. The van der Waals surface area contributed by atoms with E-state index in [1.807, 2.05) is 20.8 Å². The van der Waals surface area contributed by atoms with E-state index in [4.69, 9.17) is 5.11 Å². The van der Waals surface area contributed by atoms with E-state index in [-0.39, 0.29) is 11.3 Å². The van der Waals surface area contributed by atoms with Gasteiger partial charge in [0.05, 0.1) is 0 Å². The average Bonchev–Trinajstić information content (AvgIpc) is 2.63. The largest absolute Gasteiger partial charge is 0.480 e. The molecule has 80 valence electrons. The Morgan fingerprint density at radius 1 is 1.36 bits per heavy atom. The van der Waals surface area contributed by atoms with E-state index >= 15 is 0 Å². The lowest BCUT2D eigenvalue weighted by molar-refractivity contribution is -0.143. The predicted molar refractivity (Wildman–Crippen MR) is 51.8 cm³/mol. The molecule has 1 aliphatic rings. The third-order valence-corrected chi connectivity index (χ3v) is 2.23. The lowest BCUT2D eigenvalue weighted by Crippen LogP contribution is -2.44. The number of hydrogen-bond acceptors (Lipinski definition) is 2. The summed E-state index contributed by atoms with van der Waals surface area (Å²) in [5, 5.41) is 11.4. The molecular formula is C10H17NO3. The summed E-state index contributed by atoms with van der Waals surface area (Å²) >= 11 is 0. The van der Waals surface area contributed by atoms with Gasteiger partial charge in [0.25, 0.3) is 0 Å². The second kappa shape index (κ2) is 3.26. The molecule has 0 bridgehead atoms. The fourth-order valence-electron chi connectivity index (χ4n) is 1.31. The summed E-state index contributed by atoms with van der Waals surface area (Å²) in [6.07, 6.45) is 1.47. The molecule has 2 N–H and O–H groups in total. The van der Waals surface area contributed by atoms with Crippen LogP contribution in [0.2, 0.25) is 0 Å². The van der Waals surface area contributed by atoms with Crippen molar-refractivity contribution in [3.05, 3.63) is 0 Å². The molecule has 0 unspecified atom stereocenters. The molecule has 0 atom stereocenters. The van der Waals surface area contributed by atoms with Crippen LogP contribution in [0.15, 0.2) is 0 Å². The van der Waals surface area contributed by atoms with E-state index in [0.29, 0.717) is 19.3 Å². The van der Waals surface area contributed by atoms with Crippen molar-refractivity contribution in [2.45, 2.75) is 45.6 Å². The number of carboxylic acid groups (broad SMARTS) is 1. The minimum atomic E-state index is -0.942. The lowest BCUT2D eigenvalue weighted by Gasteiger charge is -2.19. The molecule has 1 aliphatic carbocycles. The molecule has 1 saturated carbocycles. The van der Waals surface area contributed by atoms with Crippen molar-refractivity contribution in [3.8, 4) is 0 Å². The van der Waals surface area contributed by atoms with Gasteiger partial charge in [0.2, 0.25) is 5.91 Å². The minimum absolute atomic E-state index is 0.0985. The molecule has 0 aromatic rings. The predicted octanol–water partition coefficient (Wildman–Crippen LogP) is 1.16. The molecule has 1 amide bonds. The zero-order chi connectivity index (χ0) is 11.0. The Morgan fingerprint density at radius 2 is 1.86 bits per heavy atom. The van der Waals surface area contributed by atoms with E-state index < -0.39 is 11.5 Å². The molecule has 0 spiro atoms. The zero-order valence-corrected chi connectivity index (χ0v) is 8.89. The number of amides is 1. The molecule has 1 fully saturated rings. The van der Waals surface area contributed by atoms with E-state index in [9.17, 15) is 9.59 Å². The molecule has 1 rings (SSSR count). The maximum Gasteiger partial charge on any atom is 0.329 e. The van der Waals surface area contributed by atoms with Gasteiger partial charge >= 0.3 is 5.97 Å². The summed E-state index contributed by atoms with van der Waals surface area (Å²) in [6, 6.07) is 0. The lowest BCUT2D eigenvalue weighted by atomic mass is 9.92. The topological polar surface area (TPSA) is 66.4 Å². The maximum absolute atomic E-state index is 11.4. The van der Waals surface area contributed by atoms with Crippen LogP contribution in [0, 0.1) is 5.41 Å². The first kappa shape index (κ1) is 11.0. The summed E-state index contributed by atoms with van der Waals surface area (Å²) in [4.78, 5) is 22.2. The summed E-state index contributed by atoms with van der Waals surface area (Å²) in [5.41, 5.74) is -1.04. The van der Waals surface area contributed by atoms with Crippen molar-refractivity contribution in [2.24, 2.45) is 5.41 Å². The molecule has 0 heterocycles. The van der Waals surface area contributed by atoms with Crippen LogP contribution in [0.25, 0.3) is 0 Å². The monoisotopic (exact) mass is 199 g/mol. The highest BCUT2D eigenvalue weighted by atomic mass is 16.4. The van der Waals surface area contributed by atoms with E-state index in [1.54, 1.807) is 0 Å². The van der Waals surface area contributed by atoms with Crippen molar-refractivity contribution >= 4 is 11.9 Å². The second-order valence-electron chi connectivity index (χ2n) is 5.17. The standard InChI is InChI=1S/C10H17NO3/c1-9(2,3)6-7(12)11-10(4-5-10)8(13)14/h4-6H2,1-3H3,(H,11,12)(H,13,14). The Kier molecular flexibility index (Phi) is 2.56. The van der Waals surface area contributed by atoms with Gasteiger partial charge in [-0.1, -0.05) is 20.8 Å². The zero-order valence-electron chi connectivity index (χ0n) is 8.89. The van der Waals surface area contributed by atoms with E-state index in [2.05, 4.69) is 5.32 Å². The van der Waals surface area contributed by atoms with Crippen molar-refractivity contribution in [1.82, 2.24) is 5.32 Å². The van der Waals surface area contributed by atoms with Crippen LogP contribution in [-0.2, 0) is 9.59 Å². The van der Waals surface area contributed by atoms with Crippen LogP contribution in [0.1, 0.15) is 40.0 Å². The summed E-state index contributed by atoms with van der Waals surface area (Å²) in [7, 11) is 0. The first-order valence-electron chi connectivity index (χ1n) is 4.80. The van der Waals surface area contributed by atoms with Gasteiger partial charge in [-0.15, -0.1) is 0 Å². The van der Waals surface area contributed by atoms with Crippen LogP contribution >= 0.6 is 0 Å². The fraction of sp³-hybridized carbons (Fsp3) is 0.800.